The van der Waals surface area contributed by atoms with E-state index in [2.05, 4.69) is 9.47 Å². The number of benzene rings is 1. The van der Waals surface area contributed by atoms with Gasteiger partial charge < -0.3 is 19.0 Å². The third-order valence-electron chi connectivity index (χ3n) is 4.09. The van der Waals surface area contributed by atoms with Gasteiger partial charge in [0.1, 0.15) is 6.42 Å². The summed E-state index contributed by atoms with van der Waals surface area (Å²) in [5, 5.41) is 9.40. The largest absolute Gasteiger partial charge is 0.449 e. The molecule has 0 radical (unpaired) electrons. The van der Waals surface area contributed by atoms with Crippen LogP contribution in [0.5, 0.6) is 0 Å². The van der Waals surface area contributed by atoms with E-state index in [0.717, 1.165) is 6.07 Å². The highest BCUT2D eigenvalue weighted by molar-refractivity contribution is 6.28. The summed E-state index contributed by atoms with van der Waals surface area (Å²) in [4.78, 5) is 60.3. The third-order valence-corrected chi connectivity index (χ3v) is 4.09. The normalized spacial score (nSPS) is 12.8. The molecule has 1 aromatic carbocycles. The van der Waals surface area contributed by atoms with Crippen molar-refractivity contribution in [3.8, 4) is 0 Å². The van der Waals surface area contributed by atoms with Crippen molar-refractivity contribution in [3.63, 3.8) is 0 Å². The van der Waals surface area contributed by atoms with Gasteiger partial charge in [-0.05, 0) is 19.9 Å². The van der Waals surface area contributed by atoms with Gasteiger partial charge in [0.25, 0.3) is 0 Å². The number of carbonyl (C=O) groups is 5. The van der Waals surface area contributed by atoms with Crippen LogP contribution in [0.4, 0.5) is 0 Å². The number of hydrogen-bond donors (Lipinski definition) is 1. The van der Waals surface area contributed by atoms with E-state index in [-0.39, 0.29) is 28.2 Å². The molecule has 0 atom stereocenters. The summed E-state index contributed by atoms with van der Waals surface area (Å²) in [5.74, 6) is -4.43. The maximum atomic E-state index is 12.5. The van der Waals surface area contributed by atoms with Crippen LogP contribution in [0.1, 0.15) is 62.9 Å². The first-order valence-corrected chi connectivity index (χ1v) is 8.50. The molecule has 0 fully saturated rings. The van der Waals surface area contributed by atoms with E-state index in [0.29, 0.717) is 0 Å². The second-order valence-electron chi connectivity index (χ2n) is 6.78. The number of esters is 2. The van der Waals surface area contributed by atoms with Crippen molar-refractivity contribution >= 4 is 29.3 Å². The maximum Gasteiger partial charge on any atom is 0.340 e. The minimum atomic E-state index is -1.76. The highest BCUT2D eigenvalue weighted by atomic mass is 16.7. The molecule has 1 aromatic heterocycles. The molecule has 1 aliphatic rings. The molecule has 0 saturated heterocycles. The Morgan fingerprint density at radius 1 is 1.00 bits per heavy atom. The molecule has 0 unspecified atom stereocenters. The average Bonchev–Trinajstić information content (AvgIpc) is 3.11. The smallest absolute Gasteiger partial charge is 0.340 e. The predicted molar refractivity (Wildman–Crippen MR) is 94.3 cm³/mol. The lowest BCUT2D eigenvalue weighted by atomic mass is 9.88. The summed E-state index contributed by atoms with van der Waals surface area (Å²) in [6.07, 6.45) is -0.762. The van der Waals surface area contributed by atoms with Gasteiger partial charge in [0.15, 0.2) is 22.9 Å². The van der Waals surface area contributed by atoms with Crippen LogP contribution in [0, 0.1) is 0 Å². The molecular formula is C20H16O9. The number of aliphatic hydroxyl groups is 1. The molecule has 3 rings (SSSR count). The SMILES string of the molecule is CC(C)(O)C(=O)OCOC(=O)CC(=O)c1cc2c(o1)C(=O)c1ccccc1C2=O. The van der Waals surface area contributed by atoms with Crippen molar-refractivity contribution in [2.75, 3.05) is 6.79 Å². The zero-order valence-electron chi connectivity index (χ0n) is 15.5. The van der Waals surface area contributed by atoms with Crippen LogP contribution in [-0.4, -0.2) is 46.8 Å². The number of fused-ring (bicyclic) bond motifs is 2. The van der Waals surface area contributed by atoms with E-state index in [1.54, 1.807) is 12.1 Å². The van der Waals surface area contributed by atoms with Gasteiger partial charge in [-0.3, -0.25) is 19.2 Å². The lowest BCUT2D eigenvalue weighted by Crippen LogP contribution is -2.34. The van der Waals surface area contributed by atoms with Gasteiger partial charge in [-0.1, -0.05) is 24.3 Å². The molecule has 29 heavy (non-hydrogen) atoms. The first-order valence-electron chi connectivity index (χ1n) is 8.50. The lowest BCUT2D eigenvalue weighted by molar-refractivity contribution is -0.178. The first kappa shape index (κ1) is 20.2. The predicted octanol–water partition coefficient (Wildman–Crippen LogP) is 1.44. The molecule has 0 aliphatic heterocycles. The van der Waals surface area contributed by atoms with E-state index in [1.165, 1.54) is 26.0 Å². The first-order chi connectivity index (χ1) is 13.6. The Labute approximate surface area is 164 Å². The summed E-state index contributed by atoms with van der Waals surface area (Å²) in [7, 11) is 0. The van der Waals surface area contributed by atoms with E-state index in [4.69, 9.17) is 4.42 Å². The van der Waals surface area contributed by atoms with E-state index in [9.17, 15) is 29.1 Å². The molecule has 9 nitrogen and oxygen atoms in total. The monoisotopic (exact) mass is 400 g/mol. The van der Waals surface area contributed by atoms with Crippen molar-refractivity contribution in [2.24, 2.45) is 0 Å². The number of ether oxygens (including phenoxy) is 2. The summed E-state index contributed by atoms with van der Waals surface area (Å²) >= 11 is 0. The number of hydrogen-bond acceptors (Lipinski definition) is 9. The fourth-order valence-electron chi connectivity index (χ4n) is 2.61. The van der Waals surface area contributed by atoms with Crippen LogP contribution in [0.2, 0.25) is 0 Å². The Bertz CT molecular complexity index is 984. The van der Waals surface area contributed by atoms with Crippen LogP contribution >= 0.6 is 0 Å². The minimum Gasteiger partial charge on any atom is -0.449 e. The van der Waals surface area contributed by atoms with Gasteiger partial charge in [-0.15, -0.1) is 0 Å². The average molecular weight is 400 g/mol. The fourth-order valence-corrected chi connectivity index (χ4v) is 2.61. The highest BCUT2D eigenvalue weighted by Crippen LogP contribution is 2.30. The molecule has 1 aliphatic carbocycles. The zero-order valence-corrected chi connectivity index (χ0v) is 15.5. The van der Waals surface area contributed by atoms with Gasteiger partial charge in [0, 0.05) is 11.1 Å². The fraction of sp³-hybridized carbons (Fsp3) is 0.250. The second kappa shape index (κ2) is 7.44. The van der Waals surface area contributed by atoms with Gasteiger partial charge in [-0.2, -0.15) is 0 Å². The molecule has 1 N–H and O–H groups in total. The summed E-state index contributed by atoms with van der Waals surface area (Å²) in [5.41, 5.74) is -1.43. The van der Waals surface area contributed by atoms with Gasteiger partial charge >= 0.3 is 11.9 Å². The van der Waals surface area contributed by atoms with Gasteiger partial charge in [0.2, 0.25) is 18.4 Å². The number of Topliss-reactive ketones (excluding diaryl/α,β-unsaturated/α-hetero) is 1. The number of furan rings is 1. The molecule has 150 valence electrons. The summed E-state index contributed by atoms with van der Waals surface area (Å²) in [6, 6.07) is 7.32. The molecule has 0 saturated carbocycles. The summed E-state index contributed by atoms with van der Waals surface area (Å²) in [6.45, 7) is 1.61. The Morgan fingerprint density at radius 2 is 1.62 bits per heavy atom. The van der Waals surface area contributed by atoms with Crippen molar-refractivity contribution in [2.45, 2.75) is 25.9 Å². The molecule has 0 spiro atoms. The zero-order chi connectivity index (χ0) is 21.3. The number of ketones is 3. The van der Waals surface area contributed by atoms with Crippen LogP contribution in [0.15, 0.2) is 34.7 Å². The van der Waals surface area contributed by atoms with E-state index in [1.807, 2.05) is 0 Å². The minimum absolute atomic E-state index is 0.0514. The summed E-state index contributed by atoms with van der Waals surface area (Å²) < 4.78 is 14.4. The topological polar surface area (TPSA) is 137 Å². The van der Waals surface area contributed by atoms with Gasteiger partial charge in [-0.25, -0.2) is 4.79 Å². The van der Waals surface area contributed by atoms with Crippen molar-refractivity contribution in [1.82, 2.24) is 0 Å². The highest BCUT2D eigenvalue weighted by Gasteiger charge is 2.34. The Morgan fingerprint density at radius 3 is 2.24 bits per heavy atom. The molecule has 1 heterocycles. The van der Waals surface area contributed by atoms with Crippen molar-refractivity contribution in [3.05, 3.63) is 58.5 Å². The van der Waals surface area contributed by atoms with Crippen LogP contribution in [0.3, 0.4) is 0 Å². The van der Waals surface area contributed by atoms with Crippen LogP contribution < -0.4 is 0 Å². The van der Waals surface area contributed by atoms with Crippen molar-refractivity contribution in [1.29, 1.82) is 0 Å². The van der Waals surface area contributed by atoms with Crippen molar-refractivity contribution < 1.29 is 43.0 Å². The number of rotatable bonds is 6. The lowest BCUT2D eigenvalue weighted by Gasteiger charge is -2.15. The Kier molecular flexibility index (Phi) is 5.17. The quantitative estimate of drug-likeness (QED) is 0.282. The Balaban J connectivity index is 1.66. The standard InChI is InChI=1S/C20H16O9/c1-20(2,26)19(25)28-9-27-15(22)8-13(21)14-7-12-16(23)10-5-3-4-6-11(10)17(24)18(12)29-14/h3-7,26H,8-9H2,1-2H3. The van der Waals surface area contributed by atoms with Crippen LogP contribution in [-0.2, 0) is 19.1 Å². The molecular weight excluding hydrogens is 384 g/mol. The maximum absolute atomic E-state index is 12.5. The molecule has 2 aromatic rings. The van der Waals surface area contributed by atoms with E-state index >= 15 is 0 Å². The van der Waals surface area contributed by atoms with Gasteiger partial charge in [0.05, 0.1) is 5.56 Å². The third kappa shape index (κ3) is 3.99. The van der Waals surface area contributed by atoms with E-state index < -0.39 is 48.1 Å². The van der Waals surface area contributed by atoms with Crippen LogP contribution in [0.25, 0.3) is 0 Å². The molecule has 0 bridgehead atoms. The molecule has 0 amide bonds. The molecule has 9 heteroatoms. The number of carbonyl (C=O) groups excluding carboxylic acids is 5. The Hall–Kier alpha value is -3.59. The second-order valence-corrected chi connectivity index (χ2v) is 6.78.